The van der Waals surface area contributed by atoms with Crippen LogP contribution in [0.1, 0.15) is 58.8 Å². The predicted octanol–water partition coefficient (Wildman–Crippen LogP) is 5.67. The van der Waals surface area contributed by atoms with Crippen LogP contribution in [0.2, 0.25) is 5.02 Å². The second-order valence-corrected chi connectivity index (χ2v) is 9.86. The Morgan fingerprint density at radius 1 is 1.23 bits per heavy atom. The summed E-state index contributed by atoms with van der Waals surface area (Å²) in [7, 11) is 3.38. The second-order valence-electron chi connectivity index (χ2n) is 9.45. The normalized spacial score (nSPS) is 14.6. The SMILES string of the molecule is CNCc1cnc(OC)c(-c2nc3c(n2C(C)C)C(c2ccc(C#N)cc2)N(c2cccc(Cl)c2F)C3=O)c1. The smallest absolute Gasteiger partial charge is 0.279 e. The maximum atomic E-state index is 15.4. The van der Waals surface area contributed by atoms with E-state index in [0.717, 1.165) is 5.56 Å². The van der Waals surface area contributed by atoms with E-state index in [1.54, 1.807) is 36.5 Å². The Morgan fingerprint density at radius 3 is 2.62 bits per heavy atom. The summed E-state index contributed by atoms with van der Waals surface area (Å²) in [4.78, 5) is 24.7. The summed E-state index contributed by atoms with van der Waals surface area (Å²) in [6.45, 7) is 4.57. The Labute approximate surface area is 230 Å². The van der Waals surface area contributed by atoms with Gasteiger partial charge in [0, 0.05) is 18.8 Å². The lowest BCUT2D eigenvalue weighted by atomic mass is 10.0. The van der Waals surface area contributed by atoms with Gasteiger partial charge < -0.3 is 14.6 Å². The molecule has 1 atom stereocenters. The molecular weight excluding hydrogens is 519 g/mol. The van der Waals surface area contributed by atoms with Gasteiger partial charge in [-0.2, -0.15) is 5.26 Å². The molecule has 1 aliphatic rings. The van der Waals surface area contributed by atoms with E-state index in [2.05, 4.69) is 16.4 Å². The molecule has 198 valence electrons. The van der Waals surface area contributed by atoms with Gasteiger partial charge in [0.05, 0.1) is 40.7 Å². The summed E-state index contributed by atoms with van der Waals surface area (Å²) in [5.41, 5.74) is 3.59. The molecule has 1 amide bonds. The molecule has 5 rings (SSSR count). The number of anilines is 1. The average molecular weight is 545 g/mol. The van der Waals surface area contributed by atoms with Gasteiger partial charge in [0.25, 0.3) is 5.91 Å². The van der Waals surface area contributed by atoms with Crippen LogP contribution in [0.3, 0.4) is 0 Å². The lowest BCUT2D eigenvalue weighted by molar-refractivity contribution is 0.0988. The first-order valence-electron chi connectivity index (χ1n) is 12.4. The molecule has 1 N–H and O–H groups in total. The highest BCUT2D eigenvalue weighted by Gasteiger charge is 2.46. The molecule has 0 saturated carbocycles. The fraction of sp³-hybridized carbons (Fsp3) is 0.241. The molecule has 8 nitrogen and oxygen atoms in total. The Hall–Kier alpha value is -4.26. The first-order valence-corrected chi connectivity index (χ1v) is 12.8. The predicted molar refractivity (Wildman–Crippen MR) is 146 cm³/mol. The van der Waals surface area contributed by atoms with E-state index < -0.39 is 17.8 Å². The summed E-state index contributed by atoms with van der Waals surface area (Å²) in [5, 5.41) is 12.4. The number of ether oxygens (including phenoxy) is 1. The van der Waals surface area contributed by atoms with Crippen LogP contribution in [-0.2, 0) is 6.54 Å². The number of carbonyl (C=O) groups excluding carboxylic acids is 1. The number of pyridine rings is 1. The van der Waals surface area contributed by atoms with E-state index in [4.69, 9.17) is 21.3 Å². The quantitative estimate of drug-likeness (QED) is 0.322. The Balaban J connectivity index is 1.79. The highest BCUT2D eigenvalue weighted by Crippen LogP contribution is 2.46. The molecule has 0 saturated heterocycles. The number of hydrogen-bond acceptors (Lipinski definition) is 6. The minimum Gasteiger partial charge on any atom is -0.480 e. The van der Waals surface area contributed by atoms with Crippen molar-refractivity contribution >= 4 is 23.2 Å². The number of nitrogens with zero attached hydrogens (tertiary/aromatic N) is 5. The number of halogens is 2. The van der Waals surface area contributed by atoms with Crippen LogP contribution in [0.5, 0.6) is 5.88 Å². The molecule has 1 aliphatic heterocycles. The molecule has 39 heavy (non-hydrogen) atoms. The number of fused-ring (bicyclic) bond motifs is 1. The standard InChI is InChI=1S/C29H26ClFN6O2/c1-16(2)36-26-24(35-27(36)20-12-18(14-33-3)15-34-28(20)39-4)29(38)37(22-7-5-6-21(30)23(22)31)25(26)19-10-8-17(13-32)9-11-19/h5-12,15-16,25,33H,14H2,1-4H3. The summed E-state index contributed by atoms with van der Waals surface area (Å²) in [5.74, 6) is -0.256. The molecule has 3 heterocycles. The van der Waals surface area contributed by atoms with Crippen molar-refractivity contribution in [1.82, 2.24) is 19.9 Å². The van der Waals surface area contributed by atoms with Gasteiger partial charge in [-0.3, -0.25) is 9.69 Å². The van der Waals surface area contributed by atoms with E-state index in [1.165, 1.54) is 24.1 Å². The number of hydrogen-bond donors (Lipinski definition) is 1. The number of benzene rings is 2. The molecule has 0 radical (unpaired) electrons. The molecule has 2 aromatic carbocycles. The zero-order valence-electron chi connectivity index (χ0n) is 21.9. The Morgan fingerprint density at radius 2 is 1.97 bits per heavy atom. The van der Waals surface area contributed by atoms with Crippen molar-refractivity contribution in [1.29, 1.82) is 5.26 Å². The van der Waals surface area contributed by atoms with Crippen LogP contribution in [-0.4, -0.2) is 34.6 Å². The topological polar surface area (TPSA) is 96.1 Å². The number of rotatable bonds is 7. The van der Waals surface area contributed by atoms with Gasteiger partial charge in [0.1, 0.15) is 11.9 Å². The van der Waals surface area contributed by atoms with Crippen LogP contribution in [0.15, 0.2) is 54.7 Å². The van der Waals surface area contributed by atoms with Gasteiger partial charge in [-0.1, -0.05) is 29.8 Å². The first kappa shape index (κ1) is 26.4. The molecule has 2 aromatic heterocycles. The maximum Gasteiger partial charge on any atom is 0.279 e. The number of amides is 1. The van der Waals surface area contributed by atoms with Gasteiger partial charge in [0.15, 0.2) is 11.5 Å². The third kappa shape index (κ3) is 4.42. The minimum atomic E-state index is -0.726. The van der Waals surface area contributed by atoms with Gasteiger partial charge in [-0.25, -0.2) is 14.4 Å². The van der Waals surface area contributed by atoms with Crippen LogP contribution in [0, 0.1) is 17.1 Å². The average Bonchev–Trinajstić information content (AvgIpc) is 3.45. The number of imidazole rings is 1. The van der Waals surface area contributed by atoms with Gasteiger partial charge in [-0.05, 0) is 62.4 Å². The largest absolute Gasteiger partial charge is 0.480 e. The minimum absolute atomic E-state index is 0.0481. The van der Waals surface area contributed by atoms with Crippen LogP contribution in [0.25, 0.3) is 11.4 Å². The van der Waals surface area contributed by atoms with Gasteiger partial charge in [-0.15, -0.1) is 0 Å². The fourth-order valence-corrected chi connectivity index (χ4v) is 5.19. The van der Waals surface area contributed by atoms with Crippen molar-refractivity contribution < 1.29 is 13.9 Å². The number of nitrogens with one attached hydrogen (secondary N) is 1. The van der Waals surface area contributed by atoms with E-state index in [0.29, 0.717) is 40.6 Å². The lowest BCUT2D eigenvalue weighted by Gasteiger charge is -2.29. The third-order valence-electron chi connectivity index (χ3n) is 6.67. The number of methoxy groups -OCH3 is 1. The van der Waals surface area contributed by atoms with Crippen molar-refractivity contribution in [3.05, 3.63) is 93.6 Å². The molecule has 10 heteroatoms. The van der Waals surface area contributed by atoms with Crippen molar-refractivity contribution in [2.45, 2.75) is 32.5 Å². The Kier molecular flexibility index (Phi) is 7.08. The summed E-state index contributed by atoms with van der Waals surface area (Å²) < 4.78 is 22.9. The summed E-state index contributed by atoms with van der Waals surface area (Å²) >= 11 is 6.12. The molecule has 1 unspecified atom stereocenters. The zero-order valence-corrected chi connectivity index (χ0v) is 22.6. The highest BCUT2D eigenvalue weighted by atomic mass is 35.5. The lowest BCUT2D eigenvalue weighted by Crippen LogP contribution is -2.31. The maximum absolute atomic E-state index is 15.4. The zero-order chi connectivity index (χ0) is 27.8. The van der Waals surface area contributed by atoms with Crippen LogP contribution < -0.4 is 15.0 Å². The summed E-state index contributed by atoms with van der Waals surface area (Å²) in [6.07, 6.45) is 1.73. The van der Waals surface area contributed by atoms with E-state index >= 15 is 4.39 Å². The van der Waals surface area contributed by atoms with Crippen molar-refractivity contribution in [2.24, 2.45) is 0 Å². The molecule has 0 fully saturated rings. The van der Waals surface area contributed by atoms with Gasteiger partial charge >= 0.3 is 0 Å². The number of nitriles is 1. The molecule has 0 aliphatic carbocycles. The van der Waals surface area contributed by atoms with Gasteiger partial charge in [0.2, 0.25) is 5.88 Å². The van der Waals surface area contributed by atoms with Crippen molar-refractivity contribution in [3.8, 4) is 23.3 Å². The van der Waals surface area contributed by atoms with E-state index in [-0.39, 0.29) is 22.4 Å². The molecule has 4 aromatic rings. The van der Waals surface area contributed by atoms with E-state index in [1.807, 2.05) is 31.5 Å². The number of aromatic nitrogens is 3. The summed E-state index contributed by atoms with van der Waals surface area (Å²) in [6, 6.07) is 14.7. The monoisotopic (exact) mass is 544 g/mol. The van der Waals surface area contributed by atoms with E-state index in [9.17, 15) is 10.1 Å². The second kappa shape index (κ2) is 10.5. The van der Waals surface area contributed by atoms with Crippen LogP contribution in [0.4, 0.5) is 10.1 Å². The van der Waals surface area contributed by atoms with Crippen molar-refractivity contribution in [2.75, 3.05) is 19.1 Å². The fourth-order valence-electron chi connectivity index (χ4n) is 5.02. The Bertz CT molecular complexity index is 1610. The molecular formula is C29H26ClFN6O2. The molecule has 0 bridgehead atoms. The first-order chi connectivity index (χ1) is 18.8. The third-order valence-corrected chi connectivity index (χ3v) is 6.96. The van der Waals surface area contributed by atoms with Crippen molar-refractivity contribution in [3.63, 3.8) is 0 Å². The number of carbonyl (C=O) groups is 1. The molecule has 0 spiro atoms. The van der Waals surface area contributed by atoms with Crippen LogP contribution >= 0.6 is 11.6 Å². The highest BCUT2D eigenvalue weighted by molar-refractivity contribution is 6.31.